The highest BCUT2D eigenvalue weighted by Crippen LogP contribution is 2.70. The molecule has 2 aliphatic carbocycles. The van der Waals surface area contributed by atoms with E-state index in [9.17, 15) is 9.59 Å². The smallest absolute Gasteiger partial charge is 0.231 e. The zero-order valence-corrected chi connectivity index (χ0v) is 15.0. The van der Waals surface area contributed by atoms with Gasteiger partial charge in [-0.15, -0.1) is 0 Å². The summed E-state index contributed by atoms with van der Waals surface area (Å²) in [4.78, 5) is 25.7. The molecule has 0 radical (unpaired) electrons. The van der Waals surface area contributed by atoms with Crippen LogP contribution in [-0.4, -0.2) is 25.9 Å². The minimum absolute atomic E-state index is 0.103. The maximum absolute atomic E-state index is 13.2. The lowest BCUT2D eigenvalue weighted by atomic mass is 9.64. The Morgan fingerprint density at radius 1 is 1.12 bits per heavy atom. The van der Waals surface area contributed by atoms with Gasteiger partial charge in [0.15, 0.2) is 0 Å². The highest BCUT2D eigenvalue weighted by molar-refractivity contribution is 6.05. The predicted molar refractivity (Wildman–Crippen MR) is 91.4 cm³/mol. The van der Waals surface area contributed by atoms with E-state index in [1.807, 2.05) is 20.8 Å². The molecule has 0 aliphatic heterocycles. The van der Waals surface area contributed by atoms with E-state index in [1.165, 1.54) is 0 Å². The van der Waals surface area contributed by atoms with Crippen molar-refractivity contribution in [1.82, 2.24) is 0 Å². The molecule has 0 saturated heterocycles. The van der Waals surface area contributed by atoms with Gasteiger partial charge in [0, 0.05) is 17.9 Å². The van der Waals surface area contributed by atoms with Crippen molar-refractivity contribution in [1.29, 1.82) is 0 Å². The van der Waals surface area contributed by atoms with Crippen molar-refractivity contribution in [3.8, 4) is 11.5 Å². The molecule has 2 aliphatic rings. The van der Waals surface area contributed by atoms with E-state index in [0.717, 1.165) is 12.8 Å². The van der Waals surface area contributed by atoms with Gasteiger partial charge in [-0.25, -0.2) is 0 Å². The van der Waals surface area contributed by atoms with Gasteiger partial charge in [0.1, 0.15) is 17.3 Å². The van der Waals surface area contributed by atoms with Gasteiger partial charge in [-0.3, -0.25) is 9.59 Å². The van der Waals surface area contributed by atoms with Crippen LogP contribution in [0.5, 0.6) is 11.5 Å². The number of carbonyl (C=O) groups excluding carboxylic acids is 2. The molecule has 0 heterocycles. The van der Waals surface area contributed by atoms with Gasteiger partial charge in [0.2, 0.25) is 5.91 Å². The second-order valence-corrected chi connectivity index (χ2v) is 7.66. The van der Waals surface area contributed by atoms with Crippen LogP contribution >= 0.6 is 0 Å². The van der Waals surface area contributed by atoms with Crippen molar-refractivity contribution in [2.75, 3.05) is 19.5 Å². The van der Waals surface area contributed by atoms with Gasteiger partial charge in [-0.05, 0) is 30.4 Å². The number of carbonyl (C=O) groups is 2. The maximum atomic E-state index is 13.2. The fourth-order valence-corrected chi connectivity index (χ4v) is 4.51. The van der Waals surface area contributed by atoms with E-state index >= 15 is 0 Å². The van der Waals surface area contributed by atoms with E-state index in [-0.39, 0.29) is 17.1 Å². The molecule has 0 unspecified atom stereocenters. The summed E-state index contributed by atoms with van der Waals surface area (Å²) >= 11 is 0. The molecule has 2 atom stereocenters. The highest BCUT2D eigenvalue weighted by atomic mass is 16.5. The van der Waals surface area contributed by atoms with Crippen molar-refractivity contribution in [3.05, 3.63) is 18.2 Å². The van der Waals surface area contributed by atoms with Crippen LogP contribution in [0.2, 0.25) is 0 Å². The summed E-state index contributed by atoms with van der Waals surface area (Å²) in [6, 6.07) is 5.28. The lowest BCUT2D eigenvalue weighted by Gasteiger charge is -2.38. The Morgan fingerprint density at radius 2 is 1.83 bits per heavy atom. The van der Waals surface area contributed by atoms with Crippen LogP contribution in [0.15, 0.2) is 18.2 Å². The molecule has 2 bridgehead atoms. The summed E-state index contributed by atoms with van der Waals surface area (Å²) in [5.74, 6) is 1.31. The number of nitrogens with one attached hydrogen (secondary N) is 1. The second kappa shape index (κ2) is 5.23. The van der Waals surface area contributed by atoms with Gasteiger partial charge in [-0.1, -0.05) is 20.8 Å². The van der Waals surface area contributed by atoms with Gasteiger partial charge in [-0.2, -0.15) is 0 Å². The van der Waals surface area contributed by atoms with Crippen LogP contribution in [0.3, 0.4) is 0 Å². The molecule has 130 valence electrons. The number of hydrogen-bond acceptors (Lipinski definition) is 4. The monoisotopic (exact) mass is 331 g/mol. The van der Waals surface area contributed by atoms with Crippen molar-refractivity contribution < 1.29 is 19.1 Å². The number of fused-ring (bicyclic) bond motifs is 2. The van der Waals surface area contributed by atoms with Crippen molar-refractivity contribution in [2.45, 2.75) is 40.0 Å². The second-order valence-electron chi connectivity index (χ2n) is 7.66. The third kappa shape index (κ3) is 1.93. The van der Waals surface area contributed by atoms with Gasteiger partial charge >= 0.3 is 0 Å². The molecule has 0 spiro atoms. The standard InChI is InChI=1S/C19H25NO4/c1-17(2)18(3)8-9-19(17,11-15(18)21)16(22)20-13-10-12(23-4)6-7-14(13)24-5/h6-7,10H,8-9,11H2,1-5H3,(H,20,22)/t18-,19-/m0/s1. The average molecular weight is 331 g/mol. The fourth-order valence-electron chi connectivity index (χ4n) is 4.51. The summed E-state index contributed by atoms with van der Waals surface area (Å²) in [7, 11) is 3.14. The SMILES string of the molecule is COc1ccc(OC)c(NC(=O)[C@]23CC[C@@](C)(C(=O)C2)C3(C)C)c1. The molecule has 2 fully saturated rings. The molecular weight excluding hydrogens is 306 g/mol. The first-order valence-electron chi connectivity index (χ1n) is 8.29. The molecule has 3 rings (SSSR count). The van der Waals surface area contributed by atoms with Gasteiger partial charge in [0.25, 0.3) is 0 Å². The Labute approximate surface area is 142 Å². The van der Waals surface area contributed by atoms with Crippen molar-refractivity contribution in [2.24, 2.45) is 16.2 Å². The minimum Gasteiger partial charge on any atom is -0.497 e. The number of amides is 1. The molecule has 0 aromatic heterocycles. The molecule has 5 nitrogen and oxygen atoms in total. The fraction of sp³-hybridized carbons (Fsp3) is 0.579. The van der Waals surface area contributed by atoms with Crippen LogP contribution < -0.4 is 14.8 Å². The summed E-state index contributed by atoms with van der Waals surface area (Å²) in [5, 5.41) is 2.99. The van der Waals surface area contributed by atoms with Gasteiger partial charge in [0.05, 0.1) is 25.3 Å². The third-order valence-electron chi connectivity index (χ3n) is 6.79. The number of rotatable bonds is 4. The Morgan fingerprint density at radius 3 is 2.33 bits per heavy atom. The van der Waals surface area contributed by atoms with Crippen LogP contribution in [-0.2, 0) is 9.59 Å². The molecule has 5 heteroatoms. The molecule has 2 saturated carbocycles. The molecule has 1 aromatic rings. The molecule has 24 heavy (non-hydrogen) atoms. The van der Waals surface area contributed by atoms with E-state index in [1.54, 1.807) is 32.4 Å². The molecule has 1 N–H and O–H groups in total. The lowest BCUT2D eigenvalue weighted by molar-refractivity contribution is -0.131. The summed E-state index contributed by atoms with van der Waals surface area (Å²) in [6.45, 7) is 6.10. The number of hydrogen-bond donors (Lipinski definition) is 1. The van der Waals surface area contributed by atoms with Crippen molar-refractivity contribution >= 4 is 17.4 Å². The highest BCUT2D eigenvalue weighted by Gasteiger charge is 2.72. The quantitative estimate of drug-likeness (QED) is 0.918. The molecule has 1 aromatic carbocycles. The van der Waals surface area contributed by atoms with E-state index in [4.69, 9.17) is 9.47 Å². The number of Topliss-reactive ketones (excluding diaryl/α,β-unsaturated/α-hetero) is 1. The van der Waals surface area contributed by atoms with Crippen LogP contribution in [0.1, 0.15) is 40.0 Å². The Kier molecular flexibility index (Phi) is 3.66. The number of methoxy groups -OCH3 is 2. The maximum Gasteiger partial charge on any atom is 0.231 e. The van der Waals surface area contributed by atoms with E-state index in [2.05, 4.69) is 5.32 Å². The zero-order chi connectivity index (χ0) is 17.8. The first-order chi connectivity index (χ1) is 11.2. The Balaban J connectivity index is 1.95. The first-order valence-corrected chi connectivity index (χ1v) is 8.29. The summed E-state index contributed by atoms with van der Waals surface area (Å²) in [6.07, 6.45) is 1.82. The molecule has 1 amide bonds. The summed E-state index contributed by atoms with van der Waals surface area (Å²) in [5.41, 5.74) is -0.872. The first kappa shape index (κ1) is 16.8. The number of anilines is 1. The Hall–Kier alpha value is -2.04. The van der Waals surface area contributed by atoms with E-state index in [0.29, 0.717) is 23.6 Å². The molecular formula is C19H25NO4. The van der Waals surface area contributed by atoms with Gasteiger partial charge < -0.3 is 14.8 Å². The minimum atomic E-state index is -0.660. The van der Waals surface area contributed by atoms with E-state index < -0.39 is 10.8 Å². The number of ether oxygens (including phenoxy) is 2. The predicted octanol–water partition coefficient (Wildman–Crippen LogP) is 3.43. The number of benzene rings is 1. The van der Waals surface area contributed by atoms with Crippen LogP contribution in [0.4, 0.5) is 5.69 Å². The average Bonchev–Trinajstić information content (AvgIpc) is 2.85. The third-order valence-corrected chi connectivity index (χ3v) is 6.79. The topological polar surface area (TPSA) is 64.6 Å². The van der Waals surface area contributed by atoms with Crippen molar-refractivity contribution in [3.63, 3.8) is 0 Å². The summed E-state index contributed by atoms with van der Waals surface area (Å²) < 4.78 is 10.6. The normalized spacial score (nSPS) is 30.3. The lowest BCUT2D eigenvalue weighted by Crippen LogP contribution is -2.43. The zero-order valence-electron chi connectivity index (χ0n) is 15.0. The largest absolute Gasteiger partial charge is 0.497 e. The van der Waals surface area contributed by atoms with Crippen LogP contribution in [0.25, 0.3) is 0 Å². The Bertz CT molecular complexity index is 711. The van der Waals surface area contributed by atoms with Crippen LogP contribution in [0, 0.1) is 16.2 Å². The number of ketones is 1.